The number of alkyl halides is 3. The van der Waals surface area contributed by atoms with Crippen molar-refractivity contribution in [1.82, 2.24) is 4.90 Å². The first-order valence-corrected chi connectivity index (χ1v) is 18.0. The monoisotopic (exact) mass is 755 g/mol. The van der Waals surface area contributed by atoms with Crippen LogP contribution < -0.4 is 0 Å². The van der Waals surface area contributed by atoms with Crippen molar-refractivity contribution in [3.05, 3.63) is 50.7 Å². The Labute approximate surface area is 295 Å². The number of unbranched alkanes of at least 4 members (excludes halogenated alkanes) is 1. The highest BCUT2D eigenvalue weighted by atomic mass is 32.2. The summed E-state index contributed by atoms with van der Waals surface area (Å²) in [6.07, 6.45) is -4.94. The van der Waals surface area contributed by atoms with E-state index in [0.717, 1.165) is 12.1 Å². The number of halogens is 3. The van der Waals surface area contributed by atoms with E-state index < -0.39 is 33.4 Å². The zero-order valence-corrected chi connectivity index (χ0v) is 29.3. The van der Waals surface area contributed by atoms with E-state index in [2.05, 4.69) is 20.1 Å². The molecule has 290 valence electrons. The molecule has 1 atom stereocenters. The van der Waals surface area contributed by atoms with E-state index in [0.29, 0.717) is 77.8 Å². The van der Waals surface area contributed by atoms with Crippen molar-refractivity contribution < 1.29 is 59.9 Å². The van der Waals surface area contributed by atoms with Gasteiger partial charge < -0.3 is 38.4 Å². The summed E-state index contributed by atoms with van der Waals surface area (Å²) >= 11 is 0. The van der Waals surface area contributed by atoms with E-state index in [9.17, 15) is 31.5 Å². The number of carbonyl (C=O) groups is 1. The summed E-state index contributed by atoms with van der Waals surface area (Å²) in [6.45, 7) is 4.68. The fourth-order valence-corrected chi connectivity index (χ4v) is 5.61. The van der Waals surface area contributed by atoms with Crippen LogP contribution in [-0.4, -0.2) is 142 Å². The van der Waals surface area contributed by atoms with Crippen LogP contribution in [-0.2, 0) is 49.2 Å². The first-order valence-electron chi connectivity index (χ1n) is 16.3. The molecule has 0 saturated carbocycles. The van der Waals surface area contributed by atoms with Gasteiger partial charge in [-0.15, -0.1) is 0 Å². The maximum Gasteiger partial charge on any atom is 0.416 e. The Bertz CT molecular complexity index is 1240. The first-order chi connectivity index (χ1) is 24.5. The van der Waals surface area contributed by atoms with Gasteiger partial charge in [0.15, 0.2) is 9.84 Å². The Kier molecular flexibility index (Phi) is 25.5. The molecule has 0 aliphatic heterocycles. The first kappa shape index (κ1) is 45.8. The van der Waals surface area contributed by atoms with E-state index in [4.69, 9.17) is 39.5 Å². The average molecular weight is 756 g/mol. The lowest BCUT2D eigenvalue weighted by Gasteiger charge is -2.23. The third kappa shape index (κ3) is 23.8. The quantitative estimate of drug-likeness (QED) is 0.0482. The lowest BCUT2D eigenvalue weighted by Crippen LogP contribution is -2.37. The Morgan fingerprint density at radius 2 is 1.18 bits per heavy atom. The molecule has 21 heteroatoms. The number of amides is 1. The lowest BCUT2D eigenvalue weighted by atomic mass is 10.1. The fraction of sp³-hybridized carbons (Fsp3) is 0.767. The fourth-order valence-electron chi connectivity index (χ4n) is 4.19. The molecule has 1 N–H and O–H groups in total. The number of hydrogen-bond acceptors (Lipinski definition) is 12. The van der Waals surface area contributed by atoms with Crippen molar-refractivity contribution in [3.63, 3.8) is 0 Å². The number of azide groups is 2. The highest BCUT2D eigenvalue weighted by Gasteiger charge is 2.31. The normalized spacial score (nSPS) is 12.2. The predicted molar refractivity (Wildman–Crippen MR) is 177 cm³/mol. The summed E-state index contributed by atoms with van der Waals surface area (Å²) in [5.41, 5.74) is 15.5. The SMILES string of the molecule is [N-]=[N+]=NCCOCCOCCOCCN(CCOCCOCCOCCN=[N+]=[N-])C(=O)CCCCC(O)CS(=O)(=O)c1ccc(C(F)(F)F)cc1. The van der Waals surface area contributed by atoms with Crippen LogP contribution in [0.1, 0.15) is 31.2 Å². The maximum absolute atomic E-state index is 13.0. The van der Waals surface area contributed by atoms with Gasteiger partial charge in [-0.2, -0.15) is 13.2 Å². The number of rotatable bonds is 32. The molecule has 0 fully saturated rings. The Morgan fingerprint density at radius 1 is 0.745 bits per heavy atom. The molecule has 0 aromatic heterocycles. The highest BCUT2D eigenvalue weighted by Crippen LogP contribution is 2.30. The number of nitrogens with zero attached hydrogens (tertiary/aromatic N) is 7. The zero-order valence-electron chi connectivity index (χ0n) is 28.5. The number of benzene rings is 1. The van der Waals surface area contributed by atoms with Crippen LogP contribution in [0.4, 0.5) is 13.2 Å². The molecule has 0 bridgehead atoms. The standard InChI is InChI=1S/C30H48F3N7O10S/c31-30(32,33)26-5-7-28(8-6-26)51(43,44)25-27(41)3-1-2-4-29(42)40(11-15-47-19-23-49-21-17-45-13-9-36-38-34)12-16-48-20-24-50-22-18-46-14-10-37-39-35/h5-8,27,41H,1-4,9-25H2. The number of aliphatic hydroxyl groups excluding tert-OH is 1. The lowest BCUT2D eigenvalue weighted by molar-refractivity contribution is -0.137. The minimum absolute atomic E-state index is 0.0804. The van der Waals surface area contributed by atoms with E-state index in [1.54, 1.807) is 4.90 Å². The number of ether oxygens (including phenoxy) is 6. The molecule has 0 aliphatic carbocycles. The van der Waals surface area contributed by atoms with Gasteiger partial charge >= 0.3 is 6.18 Å². The molecule has 51 heavy (non-hydrogen) atoms. The molecule has 0 radical (unpaired) electrons. The molecule has 1 rings (SSSR count). The average Bonchev–Trinajstić information content (AvgIpc) is 3.09. The van der Waals surface area contributed by atoms with Gasteiger partial charge in [0.2, 0.25) is 5.91 Å². The van der Waals surface area contributed by atoms with Crippen molar-refractivity contribution in [2.24, 2.45) is 10.2 Å². The van der Waals surface area contributed by atoms with Crippen LogP contribution in [0.25, 0.3) is 20.9 Å². The number of aliphatic hydroxyl groups is 1. The molecule has 0 aliphatic rings. The highest BCUT2D eigenvalue weighted by molar-refractivity contribution is 7.91. The van der Waals surface area contributed by atoms with Crippen LogP contribution in [0.3, 0.4) is 0 Å². The molecule has 1 amide bonds. The van der Waals surface area contributed by atoms with Crippen LogP contribution in [0.15, 0.2) is 39.4 Å². The van der Waals surface area contributed by atoms with E-state index in [1.165, 1.54) is 0 Å². The third-order valence-electron chi connectivity index (χ3n) is 6.78. The maximum atomic E-state index is 13.0. The van der Waals surface area contributed by atoms with Gasteiger partial charge in [0.05, 0.1) is 102 Å². The molecule has 1 aromatic rings. The molecule has 1 aromatic carbocycles. The number of carbonyl (C=O) groups excluding carboxylic acids is 1. The molecular formula is C30H48F3N7O10S. The van der Waals surface area contributed by atoms with Crippen LogP contribution in [0.5, 0.6) is 0 Å². The van der Waals surface area contributed by atoms with Crippen molar-refractivity contribution in [1.29, 1.82) is 0 Å². The predicted octanol–water partition coefficient (Wildman–Crippen LogP) is 3.95. The van der Waals surface area contributed by atoms with Crippen LogP contribution in [0.2, 0.25) is 0 Å². The van der Waals surface area contributed by atoms with E-state index in [-0.39, 0.29) is 76.3 Å². The van der Waals surface area contributed by atoms with Gasteiger partial charge in [0, 0.05) is 42.4 Å². The summed E-state index contributed by atoms with van der Waals surface area (Å²) in [5, 5.41) is 17.0. The second-order valence-corrected chi connectivity index (χ2v) is 12.7. The van der Waals surface area contributed by atoms with Crippen molar-refractivity contribution in [2.45, 2.75) is 42.9 Å². The second-order valence-electron chi connectivity index (χ2n) is 10.7. The summed E-state index contributed by atoms with van der Waals surface area (Å²) in [4.78, 5) is 19.5. The van der Waals surface area contributed by atoms with Crippen LogP contribution in [0, 0.1) is 0 Å². The zero-order chi connectivity index (χ0) is 37.6. The minimum Gasteiger partial charge on any atom is -0.392 e. The van der Waals surface area contributed by atoms with Crippen molar-refractivity contribution in [2.75, 3.05) is 111 Å². The van der Waals surface area contributed by atoms with Gasteiger partial charge in [0.1, 0.15) is 0 Å². The summed E-state index contributed by atoms with van der Waals surface area (Å²) < 4.78 is 96.0. The van der Waals surface area contributed by atoms with Crippen LogP contribution >= 0.6 is 0 Å². The molecule has 0 heterocycles. The molecule has 1 unspecified atom stereocenters. The summed E-state index contributed by atoms with van der Waals surface area (Å²) in [7, 11) is -4.02. The summed E-state index contributed by atoms with van der Waals surface area (Å²) in [6, 6.07) is 3.10. The van der Waals surface area contributed by atoms with Crippen molar-refractivity contribution in [3.8, 4) is 0 Å². The Balaban J connectivity index is 2.43. The Hall–Kier alpha value is -3.23. The molecular weight excluding hydrogens is 707 g/mol. The number of sulfone groups is 1. The van der Waals surface area contributed by atoms with Gasteiger partial charge in [-0.05, 0) is 48.2 Å². The van der Waals surface area contributed by atoms with Gasteiger partial charge in [-0.1, -0.05) is 16.6 Å². The van der Waals surface area contributed by atoms with Crippen molar-refractivity contribution >= 4 is 15.7 Å². The third-order valence-corrected chi connectivity index (χ3v) is 8.59. The number of hydrogen-bond donors (Lipinski definition) is 1. The molecule has 0 spiro atoms. The topological polar surface area (TPSA) is 228 Å². The van der Waals surface area contributed by atoms with E-state index >= 15 is 0 Å². The van der Waals surface area contributed by atoms with Gasteiger partial charge in [0.25, 0.3) is 0 Å². The second kappa shape index (κ2) is 28.4. The largest absolute Gasteiger partial charge is 0.416 e. The minimum atomic E-state index is -4.60. The summed E-state index contributed by atoms with van der Waals surface area (Å²) in [5.74, 6) is -0.840. The smallest absolute Gasteiger partial charge is 0.392 e. The Morgan fingerprint density at radius 3 is 1.61 bits per heavy atom. The van der Waals surface area contributed by atoms with Gasteiger partial charge in [-0.25, -0.2) is 8.42 Å². The van der Waals surface area contributed by atoms with Gasteiger partial charge in [-0.3, -0.25) is 4.79 Å². The molecule has 17 nitrogen and oxygen atoms in total. The molecule has 0 saturated heterocycles. The van der Waals surface area contributed by atoms with E-state index in [1.807, 2.05) is 0 Å².